The maximum atomic E-state index is 13.3. The monoisotopic (exact) mass is 377 g/mol. The van der Waals surface area contributed by atoms with Crippen molar-refractivity contribution in [3.8, 4) is 11.1 Å². The summed E-state index contributed by atoms with van der Waals surface area (Å²) < 4.78 is 5.72. The van der Waals surface area contributed by atoms with Gasteiger partial charge in [0.05, 0.1) is 0 Å². The minimum Gasteiger partial charge on any atom is -0.381 e. The van der Waals surface area contributed by atoms with Crippen molar-refractivity contribution >= 4 is 11.9 Å². The second-order valence-corrected chi connectivity index (χ2v) is 7.76. The highest BCUT2D eigenvalue weighted by Gasteiger charge is 2.48. The first-order valence-corrected chi connectivity index (χ1v) is 9.93. The summed E-state index contributed by atoms with van der Waals surface area (Å²) in [5.74, 6) is 0.239. The zero-order chi connectivity index (χ0) is 19.7. The van der Waals surface area contributed by atoms with Crippen molar-refractivity contribution in [3.63, 3.8) is 0 Å². The number of hydrogen-bond acceptors (Lipinski definition) is 4. The van der Waals surface area contributed by atoms with Crippen molar-refractivity contribution in [1.29, 1.82) is 0 Å². The lowest BCUT2D eigenvalue weighted by Gasteiger charge is -2.29. The normalized spacial score (nSPS) is 22.9. The molecule has 1 amide bonds. The number of amides is 1. The Kier molecular flexibility index (Phi) is 4.94. The van der Waals surface area contributed by atoms with Gasteiger partial charge in [-0.3, -0.25) is 9.69 Å². The summed E-state index contributed by atoms with van der Waals surface area (Å²) in [5.41, 5.74) is 10.7. The molecule has 0 aliphatic carbocycles. The molecule has 2 N–H and O–H groups in total. The van der Waals surface area contributed by atoms with E-state index < -0.39 is 5.54 Å². The number of nitrogens with zero attached hydrogens (tertiary/aromatic N) is 2. The van der Waals surface area contributed by atoms with Gasteiger partial charge in [-0.05, 0) is 60.9 Å². The molecular formula is C23H27N3O2. The molecule has 2 aromatic rings. The number of rotatable bonds is 1. The highest BCUT2D eigenvalue weighted by Crippen LogP contribution is 2.41. The van der Waals surface area contributed by atoms with E-state index in [1.165, 1.54) is 10.5 Å². The summed E-state index contributed by atoms with van der Waals surface area (Å²) in [5, 5.41) is 0. The Bertz CT molecular complexity index is 937. The van der Waals surface area contributed by atoms with E-state index in [4.69, 9.17) is 15.5 Å². The largest absolute Gasteiger partial charge is 0.381 e. The van der Waals surface area contributed by atoms with Crippen LogP contribution in [0.2, 0.25) is 0 Å². The van der Waals surface area contributed by atoms with Crippen LogP contribution in [0.1, 0.15) is 36.0 Å². The molecule has 0 saturated heterocycles. The summed E-state index contributed by atoms with van der Waals surface area (Å²) in [7, 11) is 1.70. The molecule has 0 radical (unpaired) electrons. The van der Waals surface area contributed by atoms with Crippen LogP contribution in [-0.4, -0.2) is 37.0 Å². The number of aliphatic imine (C=N–C) groups is 1. The van der Waals surface area contributed by atoms with Crippen LogP contribution in [0.25, 0.3) is 11.1 Å². The Morgan fingerprint density at radius 3 is 2.64 bits per heavy atom. The average Bonchev–Trinajstić information content (AvgIpc) is 2.92. The van der Waals surface area contributed by atoms with Gasteiger partial charge in [0.1, 0.15) is 0 Å². The Hall–Kier alpha value is -2.66. The topological polar surface area (TPSA) is 67.9 Å². The fourth-order valence-electron chi connectivity index (χ4n) is 4.25. The molecule has 146 valence electrons. The van der Waals surface area contributed by atoms with Crippen LogP contribution >= 0.6 is 0 Å². The molecule has 28 heavy (non-hydrogen) atoms. The smallest absolute Gasteiger partial charge is 0.261 e. The minimum absolute atomic E-state index is 0.0479. The van der Waals surface area contributed by atoms with Crippen LogP contribution < -0.4 is 5.73 Å². The first kappa shape index (κ1) is 18.7. The van der Waals surface area contributed by atoms with Crippen molar-refractivity contribution in [2.45, 2.75) is 38.1 Å². The molecule has 4 rings (SSSR count). The first-order valence-electron chi connectivity index (χ1n) is 9.93. The van der Waals surface area contributed by atoms with E-state index in [0.717, 1.165) is 48.1 Å². The number of fused-ring (bicyclic) bond motifs is 2. The number of carbonyl (C=O) groups excluding carboxylic acids is 1. The van der Waals surface area contributed by atoms with Gasteiger partial charge in [-0.1, -0.05) is 42.0 Å². The molecule has 5 heteroatoms. The molecule has 0 saturated carbocycles. The molecule has 0 aromatic heterocycles. The lowest BCUT2D eigenvalue weighted by atomic mass is 9.80. The van der Waals surface area contributed by atoms with Gasteiger partial charge in [0.2, 0.25) is 0 Å². The number of nitrogens with two attached hydrogens (primary N) is 1. The van der Waals surface area contributed by atoms with Crippen LogP contribution in [-0.2, 0) is 21.5 Å². The van der Waals surface area contributed by atoms with E-state index in [0.29, 0.717) is 13.0 Å². The van der Waals surface area contributed by atoms with E-state index in [9.17, 15) is 4.79 Å². The summed E-state index contributed by atoms with van der Waals surface area (Å²) in [6.07, 6.45) is 3.15. The van der Waals surface area contributed by atoms with Gasteiger partial charge in [-0.25, -0.2) is 4.99 Å². The number of hydrogen-bond donors (Lipinski definition) is 1. The third-order valence-corrected chi connectivity index (χ3v) is 5.78. The SMILES string of the molecule is Cc1cccc(-c2ccc3c(c2)C2(CCCOCCC3)N=C(N)N(C)C2=O)c1. The maximum Gasteiger partial charge on any atom is 0.261 e. The molecule has 0 bridgehead atoms. The molecule has 2 heterocycles. The highest BCUT2D eigenvalue weighted by atomic mass is 16.5. The van der Waals surface area contributed by atoms with Crippen LogP contribution in [0.5, 0.6) is 0 Å². The molecule has 1 atom stereocenters. The van der Waals surface area contributed by atoms with E-state index in [1.54, 1.807) is 7.05 Å². The zero-order valence-electron chi connectivity index (χ0n) is 16.6. The number of carbonyl (C=O) groups is 1. The van der Waals surface area contributed by atoms with Gasteiger partial charge in [-0.2, -0.15) is 0 Å². The van der Waals surface area contributed by atoms with Gasteiger partial charge in [0, 0.05) is 20.3 Å². The quantitative estimate of drug-likeness (QED) is 0.828. The van der Waals surface area contributed by atoms with E-state index in [-0.39, 0.29) is 11.9 Å². The first-order chi connectivity index (χ1) is 13.5. The molecule has 1 spiro atoms. The second-order valence-electron chi connectivity index (χ2n) is 7.76. The number of ether oxygens (including phenoxy) is 1. The van der Waals surface area contributed by atoms with Gasteiger partial charge >= 0.3 is 0 Å². The van der Waals surface area contributed by atoms with Crippen molar-refractivity contribution in [3.05, 3.63) is 59.2 Å². The fourth-order valence-corrected chi connectivity index (χ4v) is 4.25. The predicted molar refractivity (Wildman–Crippen MR) is 111 cm³/mol. The Balaban J connectivity index is 1.89. The van der Waals surface area contributed by atoms with Crippen LogP contribution in [0.3, 0.4) is 0 Å². The second kappa shape index (κ2) is 7.40. The number of likely N-dealkylation sites (N-methyl/N-ethyl adjacent to an activating group) is 1. The van der Waals surface area contributed by atoms with Gasteiger partial charge in [0.15, 0.2) is 11.5 Å². The maximum absolute atomic E-state index is 13.3. The average molecular weight is 377 g/mol. The highest BCUT2D eigenvalue weighted by molar-refractivity contribution is 6.07. The van der Waals surface area contributed by atoms with Gasteiger partial charge < -0.3 is 10.5 Å². The van der Waals surface area contributed by atoms with E-state index in [2.05, 4.69) is 49.4 Å². The van der Waals surface area contributed by atoms with Gasteiger partial charge in [0.25, 0.3) is 5.91 Å². The van der Waals surface area contributed by atoms with Crippen LogP contribution in [0, 0.1) is 6.92 Å². The fraction of sp³-hybridized carbons (Fsp3) is 0.391. The molecule has 2 aliphatic rings. The third kappa shape index (κ3) is 3.20. The van der Waals surface area contributed by atoms with Crippen molar-refractivity contribution in [2.75, 3.05) is 20.3 Å². The number of aryl methyl sites for hydroxylation is 2. The lowest BCUT2D eigenvalue weighted by Crippen LogP contribution is -2.41. The predicted octanol–water partition coefficient (Wildman–Crippen LogP) is 3.39. The zero-order valence-corrected chi connectivity index (χ0v) is 16.6. The van der Waals surface area contributed by atoms with E-state index >= 15 is 0 Å². The number of benzene rings is 2. The molecule has 0 fully saturated rings. The standard InChI is InChI=1S/C23H27N3O2/c1-16-6-3-7-18(14-16)19-10-9-17-8-4-12-28-13-5-11-23(20(17)15-19)21(27)26(2)22(24)25-23/h3,6-7,9-10,14-15H,4-5,8,11-13H2,1-2H3,(H2,24,25). The summed E-state index contributed by atoms with van der Waals surface area (Å²) in [6, 6.07) is 14.9. The molecule has 2 aromatic carbocycles. The molecule has 1 unspecified atom stereocenters. The van der Waals surface area contributed by atoms with Crippen molar-refractivity contribution < 1.29 is 9.53 Å². The Morgan fingerprint density at radius 2 is 1.89 bits per heavy atom. The molecule has 2 aliphatic heterocycles. The number of guanidine groups is 1. The Morgan fingerprint density at radius 1 is 1.11 bits per heavy atom. The van der Waals surface area contributed by atoms with Crippen LogP contribution in [0.15, 0.2) is 47.5 Å². The Labute approximate surface area is 166 Å². The van der Waals surface area contributed by atoms with Crippen LogP contribution in [0.4, 0.5) is 0 Å². The molecule has 5 nitrogen and oxygen atoms in total. The minimum atomic E-state index is -0.950. The van der Waals surface area contributed by atoms with E-state index in [1.807, 2.05) is 0 Å². The summed E-state index contributed by atoms with van der Waals surface area (Å²) in [6.45, 7) is 3.47. The van der Waals surface area contributed by atoms with Crippen molar-refractivity contribution in [2.24, 2.45) is 10.7 Å². The lowest BCUT2D eigenvalue weighted by molar-refractivity contribution is -0.131. The summed E-state index contributed by atoms with van der Waals surface area (Å²) in [4.78, 5) is 19.5. The summed E-state index contributed by atoms with van der Waals surface area (Å²) >= 11 is 0. The third-order valence-electron chi connectivity index (χ3n) is 5.78. The van der Waals surface area contributed by atoms with Crippen molar-refractivity contribution in [1.82, 2.24) is 4.90 Å². The molecular weight excluding hydrogens is 350 g/mol. The van der Waals surface area contributed by atoms with Gasteiger partial charge in [-0.15, -0.1) is 0 Å².